The first-order valence-corrected chi connectivity index (χ1v) is 4.85. The van der Waals surface area contributed by atoms with Crippen molar-refractivity contribution in [1.82, 2.24) is 15.2 Å². The van der Waals surface area contributed by atoms with Gasteiger partial charge in [-0.3, -0.25) is 0 Å². The van der Waals surface area contributed by atoms with Gasteiger partial charge in [-0.05, 0) is 17.4 Å². The maximum atomic E-state index is 11.1. The van der Waals surface area contributed by atoms with E-state index in [1.807, 2.05) is 11.9 Å². The van der Waals surface area contributed by atoms with Gasteiger partial charge in [-0.25, -0.2) is 9.42 Å². The fourth-order valence-corrected chi connectivity index (χ4v) is 1.77. The number of carboxylic acids is 1. The Kier molecular flexibility index (Phi) is 2.65. The van der Waals surface area contributed by atoms with E-state index in [2.05, 4.69) is 14.9 Å². The normalized spacial score (nSPS) is 22.3. The summed E-state index contributed by atoms with van der Waals surface area (Å²) in [5.74, 6) is -0.481. The van der Waals surface area contributed by atoms with Crippen molar-refractivity contribution in [3.63, 3.8) is 0 Å². The summed E-state index contributed by atoms with van der Waals surface area (Å²) in [5, 5.41) is 16.2. The van der Waals surface area contributed by atoms with E-state index in [1.165, 1.54) is 0 Å². The molecule has 0 aromatic carbocycles. The molecule has 0 spiro atoms. The van der Waals surface area contributed by atoms with Crippen molar-refractivity contribution in [3.05, 3.63) is 0 Å². The maximum Gasteiger partial charge on any atom is 0.327 e. The Morgan fingerprint density at radius 1 is 1.56 bits per heavy atom. The second kappa shape index (κ2) is 3.97. The zero-order chi connectivity index (χ0) is 11.7. The highest BCUT2D eigenvalue weighted by molar-refractivity contribution is 5.79. The smallest absolute Gasteiger partial charge is 0.327 e. The number of rotatable bonds is 2. The molecule has 88 valence electrons. The number of likely N-dealkylation sites (N-methyl/N-ethyl adjacent to an activating group) is 1. The molecule has 3 N–H and O–H groups in total. The first kappa shape index (κ1) is 10.7. The van der Waals surface area contributed by atoms with Crippen molar-refractivity contribution >= 4 is 17.6 Å². The van der Waals surface area contributed by atoms with Crippen molar-refractivity contribution in [2.24, 2.45) is 0 Å². The molecular weight excluding hydrogens is 214 g/mol. The van der Waals surface area contributed by atoms with Crippen molar-refractivity contribution < 1.29 is 14.5 Å². The van der Waals surface area contributed by atoms with Gasteiger partial charge in [0.2, 0.25) is 11.6 Å². The first-order chi connectivity index (χ1) is 7.59. The molecule has 1 aliphatic heterocycles. The van der Waals surface area contributed by atoms with Crippen molar-refractivity contribution in [3.8, 4) is 0 Å². The third-order valence-corrected chi connectivity index (χ3v) is 2.64. The van der Waals surface area contributed by atoms with Gasteiger partial charge in [0, 0.05) is 19.6 Å². The molecule has 8 heteroatoms. The number of hydrogen-bond donors (Lipinski definition) is 2. The average molecular weight is 227 g/mol. The van der Waals surface area contributed by atoms with Gasteiger partial charge >= 0.3 is 5.97 Å². The van der Waals surface area contributed by atoms with Crippen LogP contribution in [0.1, 0.15) is 0 Å². The topological polar surface area (TPSA) is 109 Å². The summed E-state index contributed by atoms with van der Waals surface area (Å²) in [7, 11) is 1.87. The van der Waals surface area contributed by atoms with Crippen molar-refractivity contribution in [2.45, 2.75) is 6.04 Å². The summed E-state index contributed by atoms with van der Waals surface area (Å²) >= 11 is 0. The number of nitrogens with two attached hydrogens (primary N) is 1. The fraction of sp³-hybridized carbons (Fsp3) is 0.625. The lowest BCUT2D eigenvalue weighted by Gasteiger charge is -2.37. The van der Waals surface area contributed by atoms with E-state index in [1.54, 1.807) is 4.90 Å². The lowest BCUT2D eigenvalue weighted by molar-refractivity contribution is -0.139. The number of hydrogen-bond acceptors (Lipinski definition) is 7. The third kappa shape index (κ3) is 1.78. The van der Waals surface area contributed by atoms with Crippen LogP contribution in [0.5, 0.6) is 0 Å². The minimum atomic E-state index is -0.908. The second-order valence-electron chi connectivity index (χ2n) is 3.78. The number of aromatic nitrogens is 2. The van der Waals surface area contributed by atoms with E-state index >= 15 is 0 Å². The van der Waals surface area contributed by atoms with Gasteiger partial charge in [0.15, 0.2) is 0 Å². The van der Waals surface area contributed by atoms with E-state index in [0.717, 1.165) is 6.54 Å². The van der Waals surface area contributed by atoms with Crippen LogP contribution >= 0.6 is 0 Å². The van der Waals surface area contributed by atoms with Gasteiger partial charge in [-0.1, -0.05) is 0 Å². The van der Waals surface area contributed by atoms with Crippen molar-refractivity contribution in [1.29, 1.82) is 0 Å². The molecule has 1 saturated heterocycles. The summed E-state index contributed by atoms with van der Waals surface area (Å²) in [6.45, 7) is 1.70. The summed E-state index contributed by atoms with van der Waals surface area (Å²) in [6.07, 6.45) is 0. The lowest BCUT2D eigenvalue weighted by atomic mass is 10.2. The summed E-state index contributed by atoms with van der Waals surface area (Å²) < 4.78 is 4.48. The molecule has 1 atom stereocenters. The van der Waals surface area contributed by atoms with E-state index in [4.69, 9.17) is 10.8 Å². The first-order valence-electron chi connectivity index (χ1n) is 4.85. The van der Waals surface area contributed by atoms with E-state index < -0.39 is 12.0 Å². The third-order valence-electron chi connectivity index (χ3n) is 2.64. The Morgan fingerprint density at radius 2 is 2.31 bits per heavy atom. The Bertz CT molecular complexity index is 393. The number of nitrogen functional groups attached to an aromatic ring is 1. The van der Waals surface area contributed by atoms with Gasteiger partial charge in [-0.2, -0.15) is 0 Å². The number of carboxylic acid groups (broad SMARTS) is 1. The van der Waals surface area contributed by atoms with E-state index in [9.17, 15) is 4.79 Å². The second-order valence-corrected chi connectivity index (χ2v) is 3.78. The Morgan fingerprint density at radius 3 is 2.88 bits per heavy atom. The highest BCUT2D eigenvalue weighted by atomic mass is 16.6. The van der Waals surface area contributed by atoms with Crippen molar-refractivity contribution in [2.75, 3.05) is 37.3 Å². The molecule has 1 unspecified atom stereocenters. The predicted octanol–water partition coefficient (Wildman–Crippen LogP) is -1.14. The minimum absolute atomic E-state index is 0.121. The molecule has 1 aromatic heterocycles. The quantitative estimate of drug-likeness (QED) is 0.652. The fourth-order valence-electron chi connectivity index (χ4n) is 1.77. The Labute approximate surface area is 91.6 Å². The molecule has 1 aliphatic rings. The van der Waals surface area contributed by atoms with Crippen LogP contribution in [0.25, 0.3) is 0 Å². The molecule has 0 saturated carbocycles. The summed E-state index contributed by atoms with van der Waals surface area (Å²) in [6, 6.07) is -0.673. The number of piperazine rings is 1. The SMILES string of the molecule is CN1CCN(c2nonc2N)C(C(=O)O)C1. The lowest BCUT2D eigenvalue weighted by Crippen LogP contribution is -2.55. The molecule has 0 aliphatic carbocycles. The minimum Gasteiger partial charge on any atom is -0.480 e. The van der Waals surface area contributed by atoms with Gasteiger partial charge in [-0.15, -0.1) is 0 Å². The van der Waals surface area contributed by atoms with Crippen LogP contribution in [0.15, 0.2) is 4.63 Å². The van der Waals surface area contributed by atoms with Gasteiger partial charge < -0.3 is 20.6 Å². The number of nitrogens with zero attached hydrogens (tertiary/aromatic N) is 4. The Hall–Kier alpha value is -1.83. The highest BCUT2D eigenvalue weighted by Crippen LogP contribution is 2.22. The predicted molar refractivity (Wildman–Crippen MR) is 55.0 cm³/mol. The van der Waals surface area contributed by atoms with Gasteiger partial charge in [0.1, 0.15) is 6.04 Å². The molecule has 16 heavy (non-hydrogen) atoms. The van der Waals surface area contributed by atoms with Crippen LogP contribution < -0.4 is 10.6 Å². The molecule has 0 bridgehead atoms. The molecule has 2 rings (SSSR count). The molecule has 0 radical (unpaired) electrons. The highest BCUT2D eigenvalue weighted by Gasteiger charge is 2.34. The van der Waals surface area contributed by atoms with Crippen LogP contribution in [-0.2, 0) is 4.79 Å². The van der Waals surface area contributed by atoms with Crippen LogP contribution in [0.2, 0.25) is 0 Å². The van der Waals surface area contributed by atoms with E-state index in [0.29, 0.717) is 18.9 Å². The zero-order valence-corrected chi connectivity index (χ0v) is 8.83. The molecule has 8 nitrogen and oxygen atoms in total. The molecule has 2 heterocycles. The number of carbonyl (C=O) groups is 1. The number of aliphatic carboxylic acids is 1. The van der Waals surface area contributed by atoms with Crippen LogP contribution in [0.4, 0.5) is 11.6 Å². The van der Waals surface area contributed by atoms with E-state index in [-0.39, 0.29) is 5.82 Å². The number of anilines is 2. The molecule has 0 amide bonds. The van der Waals surface area contributed by atoms with Crippen LogP contribution in [0, 0.1) is 0 Å². The molecule has 1 fully saturated rings. The van der Waals surface area contributed by atoms with Gasteiger partial charge in [0.05, 0.1) is 0 Å². The van der Waals surface area contributed by atoms with Crippen LogP contribution in [-0.4, -0.2) is 59.0 Å². The maximum absolute atomic E-state index is 11.1. The average Bonchev–Trinajstić information content (AvgIpc) is 2.64. The summed E-state index contributed by atoms with van der Waals surface area (Å²) in [5.41, 5.74) is 5.55. The molecule has 1 aromatic rings. The standard InChI is InChI=1S/C8H13N5O3/c1-12-2-3-13(5(4-12)8(14)15)7-6(9)10-16-11-7/h5H,2-4H2,1H3,(H2,9,10)(H,14,15). The van der Waals surface area contributed by atoms with Crippen LogP contribution in [0.3, 0.4) is 0 Å². The monoisotopic (exact) mass is 227 g/mol. The van der Waals surface area contributed by atoms with Gasteiger partial charge in [0.25, 0.3) is 0 Å². The molecular formula is C8H13N5O3. The Balaban J connectivity index is 2.25. The summed E-state index contributed by atoms with van der Waals surface area (Å²) in [4.78, 5) is 14.7. The largest absolute Gasteiger partial charge is 0.480 e. The zero-order valence-electron chi connectivity index (χ0n) is 8.83.